The SMILES string of the molecule is CCC(NC(=O)OC(C)(C)C)C(=O)N1C[C@@H](C(=O)N2CCNC(=O)C2)[C@@]2(C1)C(=O)Nc1ccccc12. The molecule has 4 rings (SSSR count). The van der Waals surface area contributed by atoms with Crippen molar-refractivity contribution in [3.63, 3.8) is 0 Å². The number of ether oxygens (including phenoxy) is 1. The molecule has 3 aliphatic rings. The van der Waals surface area contributed by atoms with Crippen LogP contribution in [0.5, 0.6) is 0 Å². The van der Waals surface area contributed by atoms with E-state index in [4.69, 9.17) is 4.74 Å². The van der Waals surface area contributed by atoms with Gasteiger partial charge in [-0.3, -0.25) is 19.2 Å². The Labute approximate surface area is 209 Å². The van der Waals surface area contributed by atoms with E-state index < -0.39 is 35.0 Å². The van der Waals surface area contributed by atoms with E-state index in [2.05, 4.69) is 16.0 Å². The smallest absolute Gasteiger partial charge is 0.408 e. The van der Waals surface area contributed by atoms with E-state index in [0.717, 1.165) is 0 Å². The van der Waals surface area contributed by atoms with Crippen molar-refractivity contribution in [3.8, 4) is 0 Å². The Kier molecular flexibility index (Phi) is 6.68. The van der Waals surface area contributed by atoms with Crippen LogP contribution in [0.15, 0.2) is 24.3 Å². The van der Waals surface area contributed by atoms with Crippen molar-refractivity contribution in [2.75, 3.05) is 38.0 Å². The summed E-state index contributed by atoms with van der Waals surface area (Å²) in [5, 5.41) is 8.19. The molecule has 1 spiro atoms. The van der Waals surface area contributed by atoms with Crippen LogP contribution in [0.3, 0.4) is 0 Å². The number of fused-ring (bicyclic) bond motifs is 2. The second kappa shape index (κ2) is 9.44. The minimum absolute atomic E-state index is 0.00988. The molecule has 0 radical (unpaired) electrons. The van der Waals surface area contributed by atoms with Gasteiger partial charge in [0.2, 0.25) is 23.6 Å². The van der Waals surface area contributed by atoms with Crippen molar-refractivity contribution < 1.29 is 28.7 Å². The van der Waals surface area contributed by atoms with Crippen molar-refractivity contribution >= 4 is 35.4 Å². The van der Waals surface area contributed by atoms with Gasteiger partial charge >= 0.3 is 6.09 Å². The number of amides is 5. The molecule has 11 heteroatoms. The molecule has 11 nitrogen and oxygen atoms in total. The predicted molar refractivity (Wildman–Crippen MR) is 130 cm³/mol. The minimum atomic E-state index is -1.29. The van der Waals surface area contributed by atoms with Gasteiger partial charge in [0.15, 0.2) is 0 Å². The number of nitrogens with zero attached hydrogens (tertiary/aromatic N) is 2. The number of alkyl carbamates (subject to hydrolysis) is 1. The van der Waals surface area contributed by atoms with Crippen LogP contribution in [0.25, 0.3) is 0 Å². The van der Waals surface area contributed by atoms with Crippen molar-refractivity contribution in [1.82, 2.24) is 20.4 Å². The number of benzene rings is 1. The summed E-state index contributed by atoms with van der Waals surface area (Å²) < 4.78 is 5.30. The second-order valence-corrected chi connectivity index (χ2v) is 10.5. The number of carbonyl (C=O) groups excluding carboxylic acids is 5. The van der Waals surface area contributed by atoms with Crippen molar-refractivity contribution in [3.05, 3.63) is 29.8 Å². The summed E-state index contributed by atoms with van der Waals surface area (Å²) in [5.41, 5.74) is -0.766. The lowest BCUT2D eigenvalue weighted by atomic mass is 9.72. The fourth-order valence-corrected chi connectivity index (χ4v) is 5.20. The van der Waals surface area contributed by atoms with Crippen LogP contribution in [0.2, 0.25) is 0 Å². The molecular weight excluding hydrogens is 466 g/mol. The average Bonchev–Trinajstić information content (AvgIpc) is 3.35. The van der Waals surface area contributed by atoms with E-state index in [-0.39, 0.29) is 37.4 Å². The van der Waals surface area contributed by atoms with E-state index in [1.807, 2.05) is 0 Å². The van der Waals surface area contributed by atoms with Crippen LogP contribution in [-0.2, 0) is 29.3 Å². The topological polar surface area (TPSA) is 137 Å². The normalized spacial score (nSPS) is 24.2. The third-order valence-corrected chi connectivity index (χ3v) is 6.86. The van der Waals surface area contributed by atoms with Gasteiger partial charge in [-0.2, -0.15) is 0 Å². The highest BCUT2D eigenvalue weighted by Gasteiger charge is 2.61. The lowest BCUT2D eigenvalue weighted by molar-refractivity contribution is -0.144. The maximum absolute atomic E-state index is 13.7. The van der Waals surface area contributed by atoms with Crippen molar-refractivity contribution in [1.29, 1.82) is 0 Å². The highest BCUT2D eigenvalue weighted by molar-refractivity contribution is 6.10. The van der Waals surface area contributed by atoms with Crippen LogP contribution in [0.4, 0.5) is 10.5 Å². The minimum Gasteiger partial charge on any atom is -0.444 e. The summed E-state index contributed by atoms with van der Waals surface area (Å²) in [6.45, 7) is 7.48. The Morgan fingerprint density at radius 3 is 2.58 bits per heavy atom. The van der Waals surface area contributed by atoms with Gasteiger partial charge in [-0.25, -0.2) is 4.79 Å². The summed E-state index contributed by atoms with van der Waals surface area (Å²) in [6, 6.07) is 6.26. The standard InChI is InChI=1S/C25H33N5O6/c1-5-17(28-23(35)36-24(2,3)4)21(33)30-12-16(20(32)29-11-10-26-19(31)13-29)25(14-30)15-8-6-7-9-18(15)27-22(25)34/h6-9,16-17H,5,10-14H2,1-4H3,(H,26,31)(H,27,34)(H,28,35)/t16-,17?,25-/m0/s1. The quantitative estimate of drug-likeness (QED) is 0.555. The monoisotopic (exact) mass is 499 g/mol. The summed E-state index contributed by atoms with van der Waals surface area (Å²) in [6.07, 6.45) is -0.414. The van der Waals surface area contributed by atoms with Crippen LogP contribution in [0, 0.1) is 5.92 Å². The van der Waals surface area contributed by atoms with Gasteiger partial charge in [-0.1, -0.05) is 25.1 Å². The van der Waals surface area contributed by atoms with E-state index >= 15 is 0 Å². The maximum Gasteiger partial charge on any atom is 0.408 e. The lowest BCUT2D eigenvalue weighted by Gasteiger charge is -2.33. The predicted octanol–water partition coefficient (Wildman–Crippen LogP) is 0.597. The zero-order valence-corrected chi connectivity index (χ0v) is 21.1. The third kappa shape index (κ3) is 4.61. The fourth-order valence-electron chi connectivity index (χ4n) is 5.20. The number of nitrogens with one attached hydrogen (secondary N) is 3. The molecule has 0 aliphatic carbocycles. The number of hydrogen-bond donors (Lipinski definition) is 3. The van der Waals surface area contributed by atoms with Crippen LogP contribution >= 0.6 is 0 Å². The maximum atomic E-state index is 13.7. The summed E-state index contributed by atoms with van der Waals surface area (Å²) in [5.74, 6) is -2.24. The Morgan fingerprint density at radius 2 is 1.92 bits per heavy atom. The van der Waals surface area contributed by atoms with Crippen molar-refractivity contribution in [2.45, 2.75) is 51.2 Å². The average molecular weight is 500 g/mol. The van der Waals surface area contributed by atoms with Gasteiger partial charge in [0.25, 0.3) is 0 Å². The molecule has 3 heterocycles. The molecule has 3 N–H and O–H groups in total. The summed E-state index contributed by atoms with van der Waals surface area (Å²) in [7, 11) is 0. The molecule has 194 valence electrons. The van der Waals surface area contributed by atoms with E-state index in [0.29, 0.717) is 30.8 Å². The van der Waals surface area contributed by atoms with Crippen LogP contribution < -0.4 is 16.0 Å². The first-order valence-electron chi connectivity index (χ1n) is 12.2. The molecule has 2 saturated heterocycles. The molecule has 36 heavy (non-hydrogen) atoms. The Balaban J connectivity index is 1.64. The first-order valence-corrected chi connectivity index (χ1v) is 12.2. The number of hydrogen-bond acceptors (Lipinski definition) is 6. The van der Waals surface area contributed by atoms with Gasteiger partial charge in [0.05, 0.1) is 12.5 Å². The first-order chi connectivity index (χ1) is 17.0. The first kappa shape index (κ1) is 25.5. The molecule has 2 fully saturated rings. The second-order valence-electron chi connectivity index (χ2n) is 10.5. The molecule has 5 amide bonds. The molecule has 3 atom stereocenters. The highest BCUT2D eigenvalue weighted by atomic mass is 16.6. The molecule has 0 aromatic heterocycles. The largest absolute Gasteiger partial charge is 0.444 e. The molecule has 0 bridgehead atoms. The number of carbonyl (C=O) groups is 5. The highest BCUT2D eigenvalue weighted by Crippen LogP contribution is 2.48. The molecule has 1 aromatic carbocycles. The van der Waals surface area contributed by atoms with Gasteiger partial charge in [-0.15, -0.1) is 0 Å². The molecule has 3 aliphatic heterocycles. The Morgan fingerprint density at radius 1 is 1.19 bits per heavy atom. The van der Waals surface area contributed by atoms with Crippen molar-refractivity contribution in [2.24, 2.45) is 5.92 Å². The number of likely N-dealkylation sites (tertiary alicyclic amines) is 1. The van der Waals surface area contributed by atoms with E-state index in [1.54, 1.807) is 52.0 Å². The van der Waals surface area contributed by atoms with Crippen LogP contribution in [0.1, 0.15) is 39.7 Å². The number of piperazine rings is 1. The Hall–Kier alpha value is -3.63. The molecular formula is C25H33N5O6. The number of rotatable bonds is 4. The molecule has 1 aromatic rings. The number of anilines is 1. The fraction of sp³-hybridized carbons (Fsp3) is 0.560. The lowest BCUT2D eigenvalue weighted by Crippen LogP contribution is -2.55. The number of para-hydroxylation sites is 1. The van der Waals surface area contributed by atoms with Gasteiger partial charge in [0, 0.05) is 31.9 Å². The zero-order chi connectivity index (χ0) is 26.3. The van der Waals surface area contributed by atoms with Gasteiger partial charge in [-0.05, 0) is 38.8 Å². The van der Waals surface area contributed by atoms with E-state index in [9.17, 15) is 24.0 Å². The zero-order valence-electron chi connectivity index (χ0n) is 21.1. The summed E-state index contributed by atoms with van der Waals surface area (Å²) >= 11 is 0. The van der Waals surface area contributed by atoms with Crippen LogP contribution in [-0.4, -0.2) is 83.9 Å². The van der Waals surface area contributed by atoms with Gasteiger partial charge in [0.1, 0.15) is 17.1 Å². The van der Waals surface area contributed by atoms with Gasteiger partial charge < -0.3 is 30.5 Å². The Bertz CT molecular complexity index is 1100. The summed E-state index contributed by atoms with van der Waals surface area (Å²) in [4.78, 5) is 68.0. The molecule has 0 saturated carbocycles. The third-order valence-electron chi connectivity index (χ3n) is 6.86. The molecule has 1 unspecified atom stereocenters. The van der Waals surface area contributed by atoms with E-state index in [1.165, 1.54) is 9.80 Å².